The Morgan fingerprint density at radius 3 is 2.43 bits per heavy atom. The highest BCUT2D eigenvalue weighted by Crippen LogP contribution is 2.11. The van der Waals surface area contributed by atoms with Gasteiger partial charge in [0.15, 0.2) is 0 Å². The number of nitrogens with zero attached hydrogens (tertiary/aromatic N) is 1. The van der Waals surface area contributed by atoms with Gasteiger partial charge in [0.2, 0.25) is 5.91 Å². The molecule has 3 N–H and O–H groups in total. The van der Waals surface area contributed by atoms with Gasteiger partial charge in [-0.1, -0.05) is 19.8 Å². The summed E-state index contributed by atoms with van der Waals surface area (Å²) in [5.41, 5.74) is 2.20. The molecule has 4 heteroatoms. The first-order valence-electron chi connectivity index (χ1n) is 5.47. The first-order valence-corrected chi connectivity index (χ1v) is 5.47. The van der Waals surface area contributed by atoms with E-state index < -0.39 is 0 Å². The summed E-state index contributed by atoms with van der Waals surface area (Å²) in [6.45, 7) is 5.01. The molecule has 82 valence electrons. The molecule has 4 nitrogen and oxygen atoms in total. The van der Waals surface area contributed by atoms with E-state index in [1.807, 2.05) is 6.92 Å². The quantitative estimate of drug-likeness (QED) is 0.395. The summed E-state index contributed by atoms with van der Waals surface area (Å²) >= 11 is 0. The molecule has 0 bridgehead atoms. The van der Waals surface area contributed by atoms with E-state index in [-0.39, 0.29) is 11.8 Å². The molecular formula is C10H21N3O. The van der Waals surface area contributed by atoms with Crippen LogP contribution in [-0.2, 0) is 4.79 Å². The second-order valence-corrected chi connectivity index (χ2v) is 4.12. The first kappa shape index (κ1) is 11.5. The summed E-state index contributed by atoms with van der Waals surface area (Å²) in [6.07, 6.45) is 5.18. The maximum Gasteiger partial charge on any atom is 0.237 e. The average molecular weight is 199 g/mol. The van der Waals surface area contributed by atoms with E-state index >= 15 is 0 Å². The van der Waals surface area contributed by atoms with Crippen LogP contribution in [0.4, 0.5) is 0 Å². The Morgan fingerprint density at radius 1 is 1.36 bits per heavy atom. The third-order valence-corrected chi connectivity index (χ3v) is 2.82. The topological polar surface area (TPSA) is 58.4 Å². The Balaban J connectivity index is 2.30. The maximum absolute atomic E-state index is 11.2. The minimum Gasteiger partial charge on any atom is -0.303 e. The summed E-state index contributed by atoms with van der Waals surface area (Å²) in [5, 5.41) is 0. The Hall–Kier alpha value is -0.610. The molecule has 0 aromatic heterocycles. The molecule has 0 spiro atoms. The van der Waals surface area contributed by atoms with Crippen LogP contribution in [0.25, 0.3) is 0 Å². The van der Waals surface area contributed by atoms with Crippen molar-refractivity contribution < 1.29 is 4.79 Å². The molecule has 0 aromatic rings. The number of likely N-dealkylation sites (tertiary alicyclic amines) is 1. The molecule has 1 saturated heterocycles. The predicted molar refractivity (Wildman–Crippen MR) is 56.4 cm³/mol. The van der Waals surface area contributed by atoms with Crippen LogP contribution in [0.5, 0.6) is 0 Å². The highest BCUT2D eigenvalue weighted by molar-refractivity contribution is 5.77. The summed E-state index contributed by atoms with van der Waals surface area (Å²) in [5.74, 6) is 5.03. The van der Waals surface area contributed by atoms with E-state index in [4.69, 9.17) is 5.84 Å². The van der Waals surface area contributed by atoms with Crippen LogP contribution >= 0.6 is 0 Å². The van der Waals surface area contributed by atoms with Gasteiger partial charge in [-0.3, -0.25) is 10.2 Å². The van der Waals surface area contributed by atoms with Gasteiger partial charge in [0, 0.05) is 12.5 Å². The minimum absolute atomic E-state index is 0.00176. The summed E-state index contributed by atoms with van der Waals surface area (Å²) in [4.78, 5) is 13.6. The Labute approximate surface area is 85.8 Å². The van der Waals surface area contributed by atoms with Crippen LogP contribution in [0.2, 0.25) is 0 Å². The van der Waals surface area contributed by atoms with Gasteiger partial charge >= 0.3 is 0 Å². The van der Waals surface area contributed by atoms with Crippen molar-refractivity contribution in [3.8, 4) is 0 Å². The maximum atomic E-state index is 11.2. The Morgan fingerprint density at radius 2 is 1.93 bits per heavy atom. The third-order valence-electron chi connectivity index (χ3n) is 2.82. The molecule has 0 aliphatic carbocycles. The standard InChI is InChI=1S/C10H21N3O/c1-9(10(14)12-11)8-13-6-4-2-3-5-7-13/h9H,2-8,11H2,1H3,(H,12,14)/t9-/m0/s1. The summed E-state index contributed by atoms with van der Waals surface area (Å²) < 4.78 is 0. The number of carbonyl (C=O) groups is 1. The zero-order chi connectivity index (χ0) is 10.4. The van der Waals surface area contributed by atoms with Crippen LogP contribution in [0.3, 0.4) is 0 Å². The van der Waals surface area contributed by atoms with E-state index in [9.17, 15) is 4.79 Å². The average Bonchev–Trinajstić information content (AvgIpc) is 2.45. The third kappa shape index (κ3) is 3.64. The number of nitrogens with two attached hydrogens (primary N) is 1. The molecule has 1 aliphatic rings. The fourth-order valence-corrected chi connectivity index (χ4v) is 1.93. The molecule has 1 fully saturated rings. The molecule has 1 heterocycles. The fraction of sp³-hybridized carbons (Fsp3) is 0.900. The van der Waals surface area contributed by atoms with Crippen molar-refractivity contribution in [2.75, 3.05) is 19.6 Å². The number of carbonyl (C=O) groups excluding carboxylic acids is 1. The lowest BCUT2D eigenvalue weighted by Crippen LogP contribution is -2.40. The first-order chi connectivity index (χ1) is 6.74. The van der Waals surface area contributed by atoms with Gasteiger partial charge in [-0.25, -0.2) is 5.84 Å². The lowest BCUT2D eigenvalue weighted by Gasteiger charge is -2.22. The second-order valence-electron chi connectivity index (χ2n) is 4.12. The zero-order valence-electron chi connectivity index (χ0n) is 8.96. The highest BCUT2D eigenvalue weighted by atomic mass is 16.2. The number of rotatable bonds is 3. The SMILES string of the molecule is C[C@@H](CN1CCCCCC1)C(=O)NN. The van der Waals surface area contributed by atoms with Gasteiger partial charge in [0.05, 0.1) is 0 Å². The number of hydrogen-bond acceptors (Lipinski definition) is 3. The van der Waals surface area contributed by atoms with Gasteiger partial charge < -0.3 is 4.90 Å². The van der Waals surface area contributed by atoms with Crippen molar-refractivity contribution in [2.24, 2.45) is 11.8 Å². The number of amides is 1. The highest BCUT2D eigenvalue weighted by Gasteiger charge is 2.16. The molecule has 1 atom stereocenters. The second kappa shape index (κ2) is 5.98. The lowest BCUT2D eigenvalue weighted by atomic mass is 10.1. The molecule has 14 heavy (non-hydrogen) atoms. The number of nitrogens with one attached hydrogen (secondary N) is 1. The number of hydrogen-bond donors (Lipinski definition) is 2. The molecule has 0 radical (unpaired) electrons. The smallest absolute Gasteiger partial charge is 0.237 e. The van der Waals surface area contributed by atoms with Crippen molar-refractivity contribution in [1.82, 2.24) is 10.3 Å². The van der Waals surface area contributed by atoms with Gasteiger partial charge in [0.1, 0.15) is 0 Å². The van der Waals surface area contributed by atoms with Gasteiger partial charge in [-0.15, -0.1) is 0 Å². The van der Waals surface area contributed by atoms with E-state index in [1.54, 1.807) is 0 Å². The molecule has 1 aliphatic heterocycles. The zero-order valence-corrected chi connectivity index (χ0v) is 8.96. The van der Waals surface area contributed by atoms with Crippen LogP contribution < -0.4 is 11.3 Å². The van der Waals surface area contributed by atoms with E-state index in [1.165, 1.54) is 25.7 Å². The van der Waals surface area contributed by atoms with Gasteiger partial charge in [-0.2, -0.15) is 0 Å². The van der Waals surface area contributed by atoms with Gasteiger partial charge in [-0.05, 0) is 25.9 Å². The summed E-state index contributed by atoms with van der Waals surface area (Å²) in [7, 11) is 0. The molecular weight excluding hydrogens is 178 g/mol. The molecule has 1 rings (SSSR count). The van der Waals surface area contributed by atoms with Crippen LogP contribution in [0.15, 0.2) is 0 Å². The van der Waals surface area contributed by atoms with Crippen molar-refractivity contribution >= 4 is 5.91 Å². The van der Waals surface area contributed by atoms with Crippen LogP contribution in [-0.4, -0.2) is 30.4 Å². The van der Waals surface area contributed by atoms with Crippen molar-refractivity contribution in [1.29, 1.82) is 0 Å². The normalized spacial score (nSPS) is 21.3. The Bertz CT molecular complexity index is 176. The van der Waals surface area contributed by atoms with E-state index in [0.717, 1.165) is 19.6 Å². The predicted octanol–water partition coefficient (Wildman–Crippen LogP) is 0.488. The van der Waals surface area contributed by atoms with Crippen LogP contribution in [0.1, 0.15) is 32.6 Å². The molecule has 1 amide bonds. The molecule has 0 aromatic carbocycles. The van der Waals surface area contributed by atoms with E-state index in [0.29, 0.717) is 0 Å². The van der Waals surface area contributed by atoms with E-state index in [2.05, 4.69) is 10.3 Å². The number of hydrazine groups is 1. The molecule has 0 saturated carbocycles. The fourth-order valence-electron chi connectivity index (χ4n) is 1.93. The Kier molecular flexibility index (Phi) is 4.90. The summed E-state index contributed by atoms with van der Waals surface area (Å²) in [6, 6.07) is 0. The lowest BCUT2D eigenvalue weighted by molar-refractivity contribution is -0.125. The molecule has 0 unspecified atom stereocenters. The monoisotopic (exact) mass is 199 g/mol. The van der Waals surface area contributed by atoms with Crippen molar-refractivity contribution in [2.45, 2.75) is 32.6 Å². The van der Waals surface area contributed by atoms with Crippen LogP contribution in [0, 0.1) is 5.92 Å². The van der Waals surface area contributed by atoms with Crippen molar-refractivity contribution in [3.05, 3.63) is 0 Å². The largest absolute Gasteiger partial charge is 0.303 e. The minimum atomic E-state index is -0.0609. The van der Waals surface area contributed by atoms with Crippen molar-refractivity contribution in [3.63, 3.8) is 0 Å². The van der Waals surface area contributed by atoms with Gasteiger partial charge in [0.25, 0.3) is 0 Å².